The zero-order chi connectivity index (χ0) is 14.5. The molecule has 0 saturated carbocycles. The second kappa shape index (κ2) is 6.72. The monoisotopic (exact) mass is 273 g/mol. The third-order valence-corrected chi connectivity index (χ3v) is 2.71. The minimum absolute atomic E-state index is 0.133. The van der Waals surface area contributed by atoms with Crippen LogP contribution in [0.25, 0.3) is 0 Å². The molecule has 0 radical (unpaired) electrons. The molecular formula is C12H23N3O4. The van der Waals surface area contributed by atoms with Crippen molar-refractivity contribution in [3.63, 3.8) is 0 Å². The molecule has 7 heteroatoms. The van der Waals surface area contributed by atoms with Crippen molar-refractivity contribution in [2.24, 2.45) is 5.90 Å². The second-order valence-corrected chi connectivity index (χ2v) is 5.51. The van der Waals surface area contributed by atoms with Crippen LogP contribution in [-0.2, 0) is 14.4 Å². The molecule has 1 saturated heterocycles. The number of rotatable bonds is 2. The van der Waals surface area contributed by atoms with E-state index in [1.807, 2.05) is 20.8 Å². The van der Waals surface area contributed by atoms with Crippen molar-refractivity contribution in [2.45, 2.75) is 32.8 Å². The molecule has 0 bridgehead atoms. The molecule has 0 atom stereocenters. The third kappa shape index (κ3) is 5.44. The van der Waals surface area contributed by atoms with E-state index in [2.05, 4.69) is 4.84 Å². The van der Waals surface area contributed by atoms with Gasteiger partial charge in [0, 0.05) is 26.2 Å². The molecule has 1 fully saturated rings. The molecular weight excluding hydrogens is 250 g/mol. The van der Waals surface area contributed by atoms with Crippen LogP contribution in [0.1, 0.15) is 27.2 Å². The average Bonchev–Trinajstić information content (AvgIpc) is 2.52. The lowest BCUT2D eigenvalue weighted by Gasteiger charge is -2.26. The molecule has 1 aliphatic heterocycles. The smallest absolute Gasteiger partial charge is 0.410 e. The van der Waals surface area contributed by atoms with Crippen molar-refractivity contribution < 1.29 is 19.2 Å². The fourth-order valence-electron chi connectivity index (χ4n) is 1.84. The second-order valence-electron chi connectivity index (χ2n) is 5.51. The molecule has 1 rings (SSSR count). The molecule has 0 unspecified atom stereocenters. The van der Waals surface area contributed by atoms with Crippen LogP contribution in [0.2, 0.25) is 0 Å². The molecule has 0 aromatic heterocycles. The normalized spacial score (nSPS) is 17.1. The van der Waals surface area contributed by atoms with E-state index in [1.54, 1.807) is 9.80 Å². The van der Waals surface area contributed by atoms with Gasteiger partial charge < -0.3 is 14.5 Å². The summed E-state index contributed by atoms with van der Waals surface area (Å²) in [5, 5.41) is 0. The van der Waals surface area contributed by atoms with Gasteiger partial charge in [0.2, 0.25) is 0 Å². The van der Waals surface area contributed by atoms with Crippen molar-refractivity contribution in [1.29, 1.82) is 0 Å². The maximum absolute atomic E-state index is 11.9. The number of carbonyl (C=O) groups is 2. The van der Waals surface area contributed by atoms with Gasteiger partial charge >= 0.3 is 6.09 Å². The molecule has 0 aromatic rings. The zero-order valence-corrected chi connectivity index (χ0v) is 11.8. The summed E-state index contributed by atoms with van der Waals surface area (Å²) in [4.78, 5) is 31.2. The van der Waals surface area contributed by atoms with Crippen LogP contribution in [0, 0.1) is 0 Å². The first kappa shape index (κ1) is 15.7. The summed E-state index contributed by atoms with van der Waals surface area (Å²) in [5.41, 5.74) is -0.508. The molecule has 0 spiro atoms. The van der Waals surface area contributed by atoms with E-state index in [1.165, 1.54) is 0 Å². The molecule has 7 nitrogen and oxygen atoms in total. The van der Waals surface area contributed by atoms with E-state index in [-0.39, 0.29) is 18.6 Å². The summed E-state index contributed by atoms with van der Waals surface area (Å²) in [5.74, 6) is 4.73. The van der Waals surface area contributed by atoms with Crippen molar-refractivity contribution >= 4 is 12.0 Å². The molecule has 0 aliphatic carbocycles. The van der Waals surface area contributed by atoms with Gasteiger partial charge in [0.15, 0.2) is 0 Å². The maximum atomic E-state index is 11.9. The van der Waals surface area contributed by atoms with Crippen LogP contribution in [0.3, 0.4) is 0 Å². The highest BCUT2D eigenvalue weighted by atomic mass is 16.6. The quantitative estimate of drug-likeness (QED) is 0.734. The molecule has 1 heterocycles. The highest BCUT2D eigenvalue weighted by Crippen LogP contribution is 2.12. The molecule has 1 aliphatic rings. The van der Waals surface area contributed by atoms with Crippen LogP contribution in [0.5, 0.6) is 0 Å². The summed E-state index contributed by atoms with van der Waals surface area (Å²) < 4.78 is 5.31. The van der Waals surface area contributed by atoms with Gasteiger partial charge in [-0.2, -0.15) is 0 Å². The highest BCUT2D eigenvalue weighted by molar-refractivity contribution is 5.77. The first-order chi connectivity index (χ1) is 8.83. The number of nitrogens with zero attached hydrogens (tertiary/aromatic N) is 2. The van der Waals surface area contributed by atoms with Gasteiger partial charge in [0.1, 0.15) is 12.2 Å². The fourth-order valence-corrected chi connectivity index (χ4v) is 1.84. The van der Waals surface area contributed by atoms with Gasteiger partial charge in [-0.15, -0.1) is 0 Å². The Bertz CT molecular complexity index is 327. The van der Waals surface area contributed by atoms with Crippen molar-refractivity contribution in [3.05, 3.63) is 0 Å². The SMILES string of the molecule is CC(C)(C)OC(=O)N1CCCN(C(=O)CON)CC1. The number of ether oxygens (including phenoxy) is 1. The minimum Gasteiger partial charge on any atom is -0.444 e. The number of nitrogens with two attached hydrogens (primary N) is 1. The lowest BCUT2D eigenvalue weighted by molar-refractivity contribution is -0.136. The lowest BCUT2D eigenvalue weighted by Crippen LogP contribution is -2.41. The number of amides is 2. The van der Waals surface area contributed by atoms with Crippen LogP contribution in [0.4, 0.5) is 4.79 Å². The van der Waals surface area contributed by atoms with Crippen LogP contribution >= 0.6 is 0 Å². The van der Waals surface area contributed by atoms with E-state index in [9.17, 15) is 9.59 Å². The highest BCUT2D eigenvalue weighted by Gasteiger charge is 2.25. The summed E-state index contributed by atoms with van der Waals surface area (Å²) >= 11 is 0. The predicted octanol–water partition coefficient (Wildman–Crippen LogP) is 0.346. The van der Waals surface area contributed by atoms with Crippen molar-refractivity contribution in [2.75, 3.05) is 32.8 Å². The number of hydrogen-bond acceptors (Lipinski definition) is 5. The van der Waals surface area contributed by atoms with Gasteiger partial charge in [0.05, 0.1) is 0 Å². The van der Waals surface area contributed by atoms with Crippen molar-refractivity contribution in [3.8, 4) is 0 Å². The molecule has 110 valence electrons. The third-order valence-electron chi connectivity index (χ3n) is 2.71. The summed E-state index contributed by atoms with van der Waals surface area (Å²) in [6, 6.07) is 0. The van der Waals surface area contributed by atoms with Gasteiger partial charge in [0.25, 0.3) is 5.91 Å². The zero-order valence-electron chi connectivity index (χ0n) is 11.8. The number of hydrogen-bond donors (Lipinski definition) is 1. The predicted molar refractivity (Wildman–Crippen MR) is 69.1 cm³/mol. The van der Waals surface area contributed by atoms with Gasteiger partial charge in [-0.25, -0.2) is 10.7 Å². The van der Waals surface area contributed by atoms with E-state index < -0.39 is 5.60 Å². The first-order valence-corrected chi connectivity index (χ1v) is 6.41. The Morgan fingerprint density at radius 2 is 1.68 bits per heavy atom. The Morgan fingerprint density at radius 3 is 2.26 bits per heavy atom. The average molecular weight is 273 g/mol. The van der Waals surface area contributed by atoms with Crippen LogP contribution < -0.4 is 5.90 Å². The largest absolute Gasteiger partial charge is 0.444 e. The maximum Gasteiger partial charge on any atom is 0.410 e. The Hall–Kier alpha value is -1.34. The Labute approximate surface area is 113 Å². The standard InChI is InChI=1S/C12H23N3O4/c1-12(2,3)19-11(17)15-6-4-5-14(7-8-15)10(16)9-18-13/h4-9,13H2,1-3H3. The topological polar surface area (TPSA) is 85.1 Å². The van der Waals surface area contributed by atoms with Gasteiger partial charge in [-0.1, -0.05) is 0 Å². The molecule has 2 N–H and O–H groups in total. The fraction of sp³-hybridized carbons (Fsp3) is 0.833. The molecule has 19 heavy (non-hydrogen) atoms. The summed E-state index contributed by atoms with van der Waals surface area (Å²) in [7, 11) is 0. The number of carbonyl (C=O) groups excluding carboxylic acids is 2. The van der Waals surface area contributed by atoms with E-state index in [4.69, 9.17) is 10.6 Å². The Kier molecular flexibility index (Phi) is 5.56. The van der Waals surface area contributed by atoms with Crippen LogP contribution in [0.15, 0.2) is 0 Å². The Morgan fingerprint density at radius 1 is 1.11 bits per heavy atom. The molecule has 2 amide bonds. The summed E-state index contributed by atoms with van der Waals surface area (Å²) in [6.07, 6.45) is 0.382. The molecule has 0 aromatic carbocycles. The van der Waals surface area contributed by atoms with Crippen LogP contribution in [-0.4, -0.2) is 60.2 Å². The lowest BCUT2D eigenvalue weighted by atomic mass is 10.2. The van der Waals surface area contributed by atoms with E-state index in [0.717, 1.165) is 6.42 Å². The minimum atomic E-state index is -0.508. The van der Waals surface area contributed by atoms with Gasteiger partial charge in [-0.3, -0.25) is 9.63 Å². The summed E-state index contributed by atoms with van der Waals surface area (Å²) in [6.45, 7) is 7.48. The Balaban J connectivity index is 2.50. The van der Waals surface area contributed by atoms with Crippen molar-refractivity contribution in [1.82, 2.24) is 9.80 Å². The van der Waals surface area contributed by atoms with Gasteiger partial charge in [-0.05, 0) is 27.2 Å². The van der Waals surface area contributed by atoms with E-state index >= 15 is 0 Å². The first-order valence-electron chi connectivity index (χ1n) is 6.41. The van der Waals surface area contributed by atoms with E-state index in [0.29, 0.717) is 26.2 Å².